The van der Waals surface area contributed by atoms with E-state index in [1.165, 1.54) is 17.2 Å². The number of carbonyl (C=O) groups is 1. The topological polar surface area (TPSA) is 38.3 Å². The molecule has 2 aromatic rings. The lowest BCUT2D eigenvalue weighted by atomic mass is 10.0. The molecule has 0 aromatic heterocycles. The van der Waals surface area contributed by atoms with E-state index in [9.17, 15) is 4.79 Å². The number of carbonyl (C=O) groups excluding carboxylic acids is 1. The van der Waals surface area contributed by atoms with Crippen LogP contribution in [0.4, 0.5) is 0 Å². The van der Waals surface area contributed by atoms with Crippen LogP contribution in [-0.2, 0) is 4.79 Å². The highest BCUT2D eigenvalue weighted by atomic mass is 16.5. The molecule has 0 aliphatic heterocycles. The van der Waals surface area contributed by atoms with Crippen molar-refractivity contribution in [2.45, 2.75) is 26.8 Å². The number of aryl methyl sites for hydroxylation is 2. The fraction of sp³-hybridized carbons (Fsp3) is 0.250. The molecule has 0 spiro atoms. The van der Waals surface area contributed by atoms with E-state index in [2.05, 4.69) is 37.4 Å². The number of methoxy groups -OCH3 is 1. The summed E-state index contributed by atoms with van der Waals surface area (Å²) in [5.41, 5.74) is 4.42. The highest BCUT2D eigenvalue weighted by Crippen LogP contribution is 2.20. The first-order valence-electron chi connectivity index (χ1n) is 7.70. The van der Waals surface area contributed by atoms with Gasteiger partial charge < -0.3 is 10.1 Å². The second-order valence-electron chi connectivity index (χ2n) is 5.67. The van der Waals surface area contributed by atoms with Gasteiger partial charge in [0.1, 0.15) is 5.75 Å². The predicted molar refractivity (Wildman–Crippen MR) is 94.5 cm³/mol. The first-order chi connectivity index (χ1) is 11.0. The van der Waals surface area contributed by atoms with E-state index < -0.39 is 0 Å². The maximum absolute atomic E-state index is 12.1. The van der Waals surface area contributed by atoms with Gasteiger partial charge in [0.05, 0.1) is 13.2 Å². The first kappa shape index (κ1) is 16.8. The van der Waals surface area contributed by atoms with Crippen LogP contribution in [0, 0.1) is 13.8 Å². The van der Waals surface area contributed by atoms with Crippen molar-refractivity contribution in [1.82, 2.24) is 5.32 Å². The summed E-state index contributed by atoms with van der Waals surface area (Å²) < 4.78 is 5.27. The lowest BCUT2D eigenvalue weighted by Crippen LogP contribution is -2.25. The number of ether oxygens (including phenoxy) is 1. The Kier molecular flexibility index (Phi) is 5.58. The van der Waals surface area contributed by atoms with Crippen LogP contribution in [0.2, 0.25) is 0 Å². The van der Waals surface area contributed by atoms with E-state index in [1.807, 2.05) is 31.2 Å². The standard InChI is InChI=1S/C20H23NO2/c1-14-9-11-18(15(2)13-14)16(3)21-20(22)12-10-17-7-5-6-8-19(17)23-4/h5-13,16H,1-4H3,(H,21,22)/b12-10+/t16-/m0/s1. The van der Waals surface area contributed by atoms with E-state index >= 15 is 0 Å². The van der Waals surface area contributed by atoms with Gasteiger partial charge in [0.25, 0.3) is 0 Å². The van der Waals surface area contributed by atoms with Gasteiger partial charge in [0.2, 0.25) is 5.91 Å². The van der Waals surface area contributed by atoms with Crippen molar-refractivity contribution in [3.8, 4) is 5.75 Å². The summed E-state index contributed by atoms with van der Waals surface area (Å²) in [6.07, 6.45) is 3.31. The Morgan fingerprint density at radius 2 is 1.91 bits per heavy atom. The van der Waals surface area contributed by atoms with E-state index in [0.29, 0.717) is 0 Å². The maximum Gasteiger partial charge on any atom is 0.244 e. The van der Waals surface area contributed by atoms with Gasteiger partial charge in [-0.25, -0.2) is 0 Å². The molecule has 3 heteroatoms. The van der Waals surface area contributed by atoms with Gasteiger partial charge in [-0.3, -0.25) is 4.79 Å². The van der Waals surface area contributed by atoms with Gasteiger partial charge in [-0.15, -0.1) is 0 Å². The summed E-state index contributed by atoms with van der Waals surface area (Å²) in [5.74, 6) is 0.627. The third kappa shape index (κ3) is 4.46. The van der Waals surface area contributed by atoms with Gasteiger partial charge in [-0.05, 0) is 44.0 Å². The summed E-state index contributed by atoms with van der Waals surface area (Å²) in [6, 6.07) is 13.8. The Balaban J connectivity index is 2.05. The molecule has 0 radical (unpaired) electrons. The molecule has 2 rings (SSSR count). The van der Waals surface area contributed by atoms with Gasteiger partial charge in [0.15, 0.2) is 0 Å². The number of hydrogen-bond donors (Lipinski definition) is 1. The monoisotopic (exact) mass is 309 g/mol. The second kappa shape index (κ2) is 7.63. The Morgan fingerprint density at radius 3 is 2.61 bits per heavy atom. The fourth-order valence-corrected chi connectivity index (χ4v) is 2.62. The second-order valence-corrected chi connectivity index (χ2v) is 5.67. The molecule has 0 saturated carbocycles. The summed E-state index contributed by atoms with van der Waals surface area (Å²) in [5, 5.41) is 3.00. The number of amides is 1. The molecule has 23 heavy (non-hydrogen) atoms. The zero-order valence-electron chi connectivity index (χ0n) is 14.1. The minimum Gasteiger partial charge on any atom is -0.496 e. The van der Waals surface area contributed by atoms with Crippen LogP contribution in [0.1, 0.15) is 35.2 Å². The summed E-state index contributed by atoms with van der Waals surface area (Å²) >= 11 is 0. The van der Waals surface area contributed by atoms with Crippen LogP contribution in [0.25, 0.3) is 6.08 Å². The Bertz CT molecular complexity index is 719. The summed E-state index contributed by atoms with van der Waals surface area (Å²) in [4.78, 5) is 12.1. The molecule has 0 aliphatic rings. The van der Waals surface area contributed by atoms with Crippen molar-refractivity contribution < 1.29 is 9.53 Å². The Morgan fingerprint density at radius 1 is 1.17 bits per heavy atom. The SMILES string of the molecule is COc1ccccc1/C=C/C(=O)N[C@@H](C)c1ccc(C)cc1C. The van der Waals surface area contributed by atoms with Crippen molar-refractivity contribution in [3.63, 3.8) is 0 Å². The molecule has 3 nitrogen and oxygen atoms in total. The Hall–Kier alpha value is -2.55. The molecule has 0 unspecified atom stereocenters. The largest absolute Gasteiger partial charge is 0.496 e. The highest BCUT2D eigenvalue weighted by molar-refractivity contribution is 5.92. The van der Waals surface area contributed by atoms with Gasteiger partial charge in [-0.1, -0.05) is 42.0 Å². The molecule has 0 aliphatic carbocycles. The average molecular weight is 309 g/mol. The fourth-order valence-electron chi connectivity index (χ4n) is 2.62. The van der Waals surface area contributed by atoms with Crippen molar-refractivity contribution >= 4 is 12.0 Å². The third-order valence-electron chi connectivity index (χ3n) is 3.80. The zero-order chi connectivity index (χ0) is 16.8. The molecule has 1 amide bonds. The maximum atomic E-state index is 12.1. The number of benzene rings is 2. The molecule has 120 valence electrons. The van der Waals surface area contributed by atoms with Gasteiger partial charge in [-0.2, -0.15) is 0 Å². The number of hydrogen-bond acceptors (Lipinski definition) is 2. The molecule has 0 fully saturated rings. The lowest BCUT2D eigenvalue weighted by molar-refractivity contribution is -0.117. The van der Waals surface area contributed by atoms with E-state index in [1.54, 1.807) is 13.2 Å². The quantitative estimate of drug-likeness (QED) is 0.841. The molecule has 0 saturated heterocycles. The van der Waals surface area contributed by atoms with E-state index in [-0.39, 0.29) is 11.9 Å². The van der Waals surface area contributed by atoms with Crippen molar-refractivity contribution in [2.75, 3.05) is 7.11 Å². The van der Waals surface area contributed by atoms with Crippen molar-refractivity contribution in [1.29, 1.82) is 0 Å². The van der Waals surface area contributed by atoms with Crippen LogP contribution >= 0.6 is 0 Å². The number of nitrogens with one attached hydrogen (secondary N) is 1. The van der Waals surface area contributed by atoms with Crippen LogP contribution in [0.3, 0.4) is 0 Å². The average Bonchev–Trinajstić information content (AvgIpc) is 2.53. The molecular weight excluding hydrogens is 286 g/mol. The van der Waals surface area contributed by atoms with E-state index in [0.717, 1.165) is 16.9 Å². The number of rotatable bonds is 5. The normalized spacial score (nSPS) is 12.2. The van der Waals surface area contributed by atoms with Crippen LogP contribution in [0.15, 0.2) is 48.5 Å². The third-order valence-corrected chi connectivity index (χ3v) is 3.80. The molecule has 1 atom stereocenters. The molecule has 0 heterocycles. The minimum absolute atomic E-state index is 0.0366. The zero-order valence-corrected chi connectivity index (χ0v) is 14.1. The van der Waals surface area contributed by atoms with E-state index in [4.69, 9.17) is 4.74 Å². The predicted octanol–water partition coefficient (Wildman–Crippen LogP) is 4.20. The molecule has 1 N–H and O–H groups in total. The van der Waals surface area contributed by atoms with Gasteiger partial charge in [0, 0.05) is 11.6 Å². The van der Waals surface area contributed by atoms with Crippen LogP contribution < -0.4 is 10.1 Å². The van der Waals surface area contributed by atoms with Gasteiger partial charge >= 0.3 is 0 Å². The molecule has 2 aromatic carbocycles. The van der Waals surface area contributed by atoms with Crippen molar-refractivity contribution in [3.05, 3.63) is 70.8 Å². The summed E-state index contributed by atoms with van der Waals surface area (Å²) in [6.45, 7) is 6.12. The van der Waals surface area contributed by atoms with Crippen LogP contribution in [-0.4, -0.2) is 13.0 Å². The molecular formula is C20H23NO2. The minimum atomic E-state index is -0.122. The van der Waals surface area contributed by atoms with Crippen LogP contribution in [0.5, 0.6) is 5.75 Å². The lowest BCUT2D eigenvalue weighted by Gasteiger charge is -2.16. The van der Waals surface area contributed by atoms with Crippen molar-refractivity contribution in [2.24, 2.45) is 0 Å². The first-order valence-corrected chi connectivity index (χ1v) is 7.70. The highest BCUT2D eigenvalue weighted by Gasteiger charge is 2.10. The smallest absolute Gasteiger partial charge is 0.244 e. The Labute approximate surface area is 138 Å². The molecule has 0 bridgehead atoms. The summed E-state index contributed by atoms with van der Waals surface area (Å²) in [7, 11) is 1.62. The number of para-hydroxylation sites is 1.